The van der Waals surface area contributed by atoms with Gasteiger partial charge < -0.3 is 9.72 Å². The van der Waals surface area contributed by atoms with Crippen molar-refractivity contribution in [3.05, 3.63) is 17.7 Å². The predicted octanol–water partition coefficient (Wildman–Crippen LogP) is 1.40. The Balaban J connectivity index is 1.81. The first-order valence-electron chi connectivity index (χ1n) is 6.37. The third-order valence-electron chi connectivity index (χ3n) is 3.11. The summed E-state index contributed by atoms with van der Waals surface area (Å²) in [6.45, 7) is 7.53. The Bertz CT molecular complexity index is 420. The molecule has 1 aromatic heterocycles. The van der Waals surface area contributed by atoms with Gasteiger partial charge in [-0.15, -0.1) is 0 Å². The van der Waals surface area contributed by atoms with Crippen LogP contribution in [-0.4, -0.2) is 28.6 Å². The first kappa shape index (κ1) is 13.1. The van der Waals surface area contributed by atoms with Crippen LogP contribution in [0.5, 0.6) is 0 Å². The summed E-state index contributed by atoms with van der Waals surface area (Å²) in [5.41, 5.74) is 2.22. The maximum Gasteiger partial charge on any atom is 0.323 e. The second-order valence-corrected chi connectivity index (χ2v) is 5.94. The minimum atomic E-state index is -0.263. The molecule has 1 aliphatic heterocycles. The van der Waals surface area contributed by atoms with Crippen LogP contribution in [0.2, 0.25) is 0 Å². The van der Waals surface area contributed by atoms with E-state index >= 15 is 0 Å². The molecule has 1 unspecified atom stereocenters. The molecule has 0 bridgehead atoms. The van der Waals surface area contributed by atoms with Crippen molar-refractivity contribution in [3.63, 3.8) is 0 Å². The van der Waals surface area contributed by atoms with Crippen molar-refractivity contribution in [1.82, 2.24) is 15.3 Å². The molecule has 2 heterocycles. The van der Waals surface area contributed by atoms with Crippen LogP contribution in [0.1, 0.15) is 38.6 Å². The summed E-state index contributed by atoms with van der Waals surface area (Å²) in [5, 5.41) is 3.16. The highest BCUT2D eigenvalue weighted by atomic mass is 16.5. The summed E-state index contributed by atoms with van der Waals surface area (Å²) in [6, 6.07) is -0.263. The molecule has 1 aliphatic rings. The van der Waals surface area contributed by atoms with Crippen LogP contribution in [0, 0.1) is 5.41 Å². The number of carbonyl (C=O) groups is 1. The molecular weight excluding hydrogens is 230 g/mol. The molecule has 2 rings (SSSR count). The second kappa shape index (κ2) is 5.10. The Morgan fingerprint density at radius 3 is 3.06 bits per heavy atom. The van der Waals surface area contributed by atoms with Crippen molar-refractivity contribution in [1.29, 1.82) is 0 Å². The van der Waals surface area contributed by atoms with Gasteiger partial charge in [-0.05, 0) is 11.8 Å². The Morgan fingerprint density at radius 1 is 1.56 bits per heavy atom. The molecule has 18 heavy (non-hydrogen) atoms. The van der Waals surface area contributed by atoms with Gasteiger partial charge in [-0.25, -0.2) is 4.98 Å². The van der Waals surface area contributed by atoms with Gasteiger partial charge in [-0.1, -0.05) is 20.8 Å². The highest BCUT2D eigenvalue weighted by Gasteiger charge is 2.27. The number of imidazole rings is 1. The molecule has 2 N–H and O–H groups in total. The Morgan fingerprint density at radius 2 is 2.33 bits per heavy atom. The molecule has 0 radical (unpaired) electrons. The Kier molecular flexibility index (Phi) is 3.71. The fraction of sp³-hybridized carbons (Fsp3) is 0.692. The zero-order valence-corrected chi connectivity index (χ0v) is 11.2. The predicted molar refractivity (Wildman–Crippen MR) is 68.0 cm³/mol. The lowest BCUT2D eigenvalue weighted by molar-refractivity contribution is -0.147. The second-order valence-electron chi connectivity index (χ2n) is 5.94. The Labute approximate surface area is 107 Å². The lowest BCUT2D eigenvalue weighted by Crippen LogP contribution is -2.43. The molecule has 0 fully saturated rings. The number of hydrogen-bond acceptors (Lipinski definition) is 4. The van der Waals surface area contributed by atoms with E-state index in [2.05, 4.69) is 36.1 Å². The third-order valence-corrected chi connectivity index (χ3v) is 3.11. The van der Waals surface area contributed by atoms with E-state index in [9.17, 15) is 4.79 Å². The number of carbonyl (C=O) groups excluding carboxylic acids is 1. The smallest absolute Gasteiger partial charge is 0.323 e. The van der Waals surface area contributed by atoms with Crippen molar-refractivity contribution >= 4 is 5.97 Å². The molecule has 0 aliphatic carbocycles. The van der Waals surface area contributed by atoms with E-state index in [0.29, 0.717) is 19.6 Å². The number of nitrogens with one attached hydrogen (secondary N) is 2. The SMILES string of the molecule is CC(C)(C)CCOC(=O)C1Cc2nc[nH]c2CN1. The zero-order valence-electron chi connectivity index (χ0n) is 11.2. The molecule has 1 atom stereocenters. The van der Waals surface area contributed by atoms with E-state index in [1.54, 1.807) is 6.33 Å². The monoisotopic (exact) mass is 251 g/mol. The number of aromatic amines is 1. The van der Waals surface area contributed by atoms with Gasteiger partial charge in [0.2, 0.25) is 0 Å². The number of esters is 1. The first-order valence-corrected chi connectivity index (χ1v) is 6.37. The highest BCUT2D eigenvalue weighted by Crippen LogP contribution is 2.18. The minimum Gasteiger partial charge on any atom is -0.464 e. The summed E-state index contributed by atoms with van der Waals surface area (Å²) in [6.07, 6.45) is 3.14. The van der Waals surface area contributed by atoms with E-state index < -0.39 is 0 Å². The van der Waals surface area contributed by atoms with Crippen LogP contribution in [0.15, 0.2) is 6.33 Å². The Hall–Kier alpha value is -1.36. The maximum absolute atomic E-state index is 11.9. The normalized spacial score (nSPS) is 19.4. The summed E-state index contributed by atoms with van der Waals surface area (Å²) >= 11 is 0. The molecule has 0 spiro atoms. The van der Waals surface area contributed by atoms with Crippen LogP contribution in [0.4, 0.5) is 0 Å². The van der Waals surface area contributed by atoms with Crippen LogP contribution in [-0.2, 0) is 22.5 Å². The number of aromatic nitrogens is 2. The fourth-order valence-electron chi connectivity index (χ4n) is 1.89. The van der Waals surface area contributed by atoms with Crippen molar-refractivity contribution in [2.24, 2.45) is 5.41 Å². The molecule has 0 amide bonds. The van der Waals surface area contributed by atoms with Crippen molar-refractivity contribution in [3.8, 4) is 0 Å². The van der Waals surface area contributed by atoms with Gasteiger partial charge in [-0.3, -0.25) is 10.1 Å². The highest BCUT2D eigenvalue weighted by molar-refractivity contribution is 5.76. The zero-order chi connectivity index (χ0) is 13.2. The molecule has 5 nitrogen and oxygen atoms in total. The number of nitrogens with zero attached hydrogens (tertiary/aromatic N) is 1. The van der Waals surface area contributed by atoms with Gasteiger partial charge in [0.25, 0.3) is 0 Å². The average Bonchev–Trinajstić information content (AvgIpc) is 2.73. The maximum atomic E-state index is 11.9. The quantitative estimate of drug-likeness (QED) is 0.797. The molecule has 5 heteroatoms. The molecule has 100 valence electrons. The van der Waals surface area contributed by atoms with E-state index in [1.165, 1.54) is 0 Å². The number of H-pyrrole nitrogens is 1. The van der Waals surface area contributed by atoms with E-state index in [-0.39, 0.29) is 17.4 Å². The van der Waals surface area contributed by atoms with Crippen molar-refractivity contribution in [2.45, 2.75) is 46.2 Å². The van der Waals surface area contributed by atoms with Crippen molar-refractivity contribution in [2.75, 3.05) is 6.61 Å². The van der Waals surface area contributed by atoms with Crippen LogP contribution < -0.4 is 5.32 Å². The number of fused-ring (bicyclic) bond motifs is 1. The lowest BCUT2D eigenvalue weighted by Gasteiger charge is -2.23. The molecule has 0 aromatic carbocycles. The number of hydrogen-bond donors (Lipinski definition) is 2. The van der Waals surface area contributed by atoms with Crippen LogP contribution >= 0.6 is 0 Å². The van der Waals surface area contributed by atoms with Crippen LogP contribution in [0.25, 0.3) is 0 Å². The van der Waals surface area contributed by atoms with Gasteiger partial charge in [0.15, 0.2) is 0 Å². The summed E-state index contributed by atoms with van der Waals surface area (Å²) in [4.78, 5) is 19.2. The van der Waals surface area contributed by atoms with Crippen LogP contribution in [0.3, 0.4) is 0 Å². The van der Waals surface area contributed by atoms with E-state index in [4.69, 9.17) is 4.74 Å². The third kappa shape index (κ3) is 3.32. The molecular formula is C13H21N3O2. The molecule has 0 saturated heterocycles. The topological polar surface area (TPSA) is 67.0 Å². The summed E-state index contributed by atoms with van der Waals surface area (Å²) < 4.78 is 5.31. The minimum absolute atomic E-state index is 0.173. The van der Waals surface area contributed by atoms with Gasteiger partial charge >= 0.3 is 5.97 Å². The van der Waals surface area contributed by atoms with E-state index in [1.807, 2.05) is 0 Å². The standard InChI is InChI=1S/C13H21N3O2/c1-13(2,3)4-5-18-12(17)10-6-9-11(7-14-10)16-8-15-9/h8,10,14H,4-7H2,1-3H3,(H,15,16). The van der Waals surface area contributed by atoms with E-state index in [0.717, 1.165) is 17.8 Å². The largest absolute Gasteiger partial charge is 0.464 e. The van der Waals surface area contributed by atoms with Crippen molar-refractivity contribution < 1.29 is 9.53 Å². The fourth-order valence-corrected chi connectivity index (χ4v) is 1.89. The molecule has 0 saturated carbocycles. The summed E-state index contributed by atoms with van der Waals surface area (Å²) in [5.74, 6) is -0.173. The number of rotatable bonds is 3. The van der Waals surface area contributed by atoms with Gasteiger partial charge in [-0.2, -0.15) is 0 Å². The summed E-state index contributed by atoms with van der Waals surface area (Å²) in [7, 11) is 0. The first-order chi connectivity index (χ1) is 8.46. The number of ether oxygens (including phenoxy) is 1. The lowest BCUT2D eigenvalue weighted by atomic mass is 9.93. The van der Waals surface area contributed by atoms with Gasteiger partial charge in [0, 0.05) is 13.0 Å². The van der Waals surface area contributed by atoms with Gasteiger partial charge in [0.05, 0.1) is 24.3 Å². The van der Waals surface area contributed by atoms with Gasteiger partial charge in [0.1, 0.15) is 6.04 Å². The average molecular weight is 251 g/mol. The molecule has 1 aromatic rings.